The largest absolute Gasteiger partial charge is 0.325 e. The number of hydrogen-bond donors (Lipinski definition) is 1. The lowest BCUT2D eigenvalue weighted by atomic mass is 9.93. The van der Waals surface area contributed by atoms with Gasteiger partial charge in [-0.15, -0.1) is 0 Å². The van der Waals surface area contributed by atoms with Crippen molar-refractivity contribution in [1.29, 1.82) is 0 Å². The van der Waals surface area contributed by atoms with Gasteiger partial charge in [0.15, 0.2) is 0 Å². The molecule has 1 heterocycles. The van der Waals surface area contributed by atoms with Crippen LogP contribution < -0.4 is 5.32 Å². The predicted octanol–water partition coefficient (Wildman–Crippen LogP) is 2.99. The van der Waals surface area contributed by atoms with Crippen molar-refractivity contribution in [1.82, 2.24) is 4.98 Å². The molecule has 1 saturated carbocycles. The second-order valence-electron chi connectivity index (χ2n) is 4.73. The van der Waals surface area contributed by atoms with E-state index in [4.69, 9.17) is 0 Å². The molecule has 1 N–H and O–H groups in total. The molecule has 3 rings (SSSR count). The first-order valence-electron chi connectivity index (χ1n) is 5.83. The summed E-state index contributed by atoms with van der Waals surface area (Å²) in [5, 5.41) is 2.98. The number of carbonyl (C=O) groups excluding carboxylic acids is 1. The van der Waals surface area contributed by atoms with Crippen molar-refractivity contribution in [3.63, 3.8) is 0 Å². The maximum absolute atomic E-state index is 12.2. The Morgan fingerprint density at radius 1 is 1.41 bits per heavy atom. The first kappa shape index (κ1) is 11.0. The smallest absolute Gasteiger partial charge is 0.228 e. The highest BCUT2D eigenvalue weighted by atomic mass is 79.9. The third-order valence-electron chi connectivity index (χ3n) is 3.65. The minimum atomic E-state index is 0.133. The summed E-state index contributed by atoms with van der Waals surface area (Å²) < 4.78 is 0.826. The molecule has 0 spiro atoms. The number of aromatic nitrogens is 1. The lowest BCUT2D eigenvalue weighted by molar-refractivity contribution is -0.120. The molecule has 1 aromatic rings. The predicted molar refractivity (Wildman–Crippen MR) is 69.4 cm³/mol. The number of pyridine rings is 1. The van der Waals surface area contributed by atoms with E-state index >= 15 is 0 Å². The van der Waals surface area contributed by atoms with E-state index in [0.717, 1.165) is 23.0 Å². The van der Waals surface area contributed by atoms with Crippen LogP contribution >= 0.6 is 15.9 Å². The fourth-order valence-electron chi connectivity index (χ4n) is 2.78. The normalized spacial score (nSPS) is 29.6. The van der Waals surface area contributed by atoms with E-state index < -0.39 is 0 Å². The third kappa shape index (κ3) is 2.02. The molecule has 0 aromatic carbocycles. The first-order chi connectivity index (χ1) is 8.24. The number of nitrogens with one attached hydrogen (secondary N) is 1. The van der Waals surface area contributed by atoms with E-state index in [-0.39, 0.29) is 11.8 Å². The van der Waals surface area contributed by atoms with E-state index in [1.165, 1.54) is 0 Å². The quantitative estimate of drug-likeness (QED) is 0.852. The second kappa shape index (κ2) is 4.26. The number of rotatable bonds is 2. The number of amides is 1. The highest BCUT2D eigenvalue weighted by Gasteiger charge is 2.39. The summed E-state index contributed by atoms with van der Waals surface area (Å²) in [5.74, 6) is 1.34. The monoisotopic (exact) mass is 292 g/mol. The SMILES string of the molecule is O=C(Nc1ccncc1Br)C1CC2C=CC1C2. The number of fused-ring (bicyclic) bond motifs is 2. The van der Waals surface area contributed by atoms with Gasteiger partial charge in [-0.05, 0) is 46.7 Å². The van der Waals surface area contributed by atoms with Crippen LogP contribution in [0.15, 0.2) is 35.1 Å². The molecule has 2 aliphatic rings. The molecule has 0 aliphatic heterocycles. The van der Waals surface area contributed by atoms with Crippen LogP contribution in [0.4, 0.5) is 5.69 Å². The minimum Gasteiger partial charge on any atom is -0.325 e. The van der Waals surface area contributed by atoms with Crippen molar-refractivity contribution in [2.75, 3.05) is 5.32 Å². The Bertz CT molecular complexity index is 486. The summed E-state index contributed by atoms with van der Waals surface area (Å²) in [7, 11) is 0. The molecule has 2 bridgehead atoms. The van der Waals surface area contributed by atoms with E-state index in [1.807, 2.05) is 6.07 Å². The Morgan fingerprint density at radius 2 is 2.29 bits per heavy atom. The Morgan fingerprint density at radius 3 is 2.94 bits per heavy atom. The molecule has 3 atom stereocenters. The van der Waals surface area contributed by atoms with Gasteiger partial charge >= 0.3 is 0 Å². The highest BCUT2D eigenvalue weighted by molar-refractivity contribution is 9.10. The van der Waals surface area contributed by atoms with Gasteiger partial charge in [0.2, 0.25) is 5.91 Å². The van der Waals surface area contributed by atoms with Crippen LogP contribution in [-0.2, 0) is 4.79 Å². The summed E-state index contributed by atoms with van der Waals surface area (Å²) in [5.41, 5.74) is 0.803. The third-order valence-corrected chi connectivity index (χ3v) is 4.28. The molecule has 4 heteroatoms. The van der Waals surface area contributed by atoms with Gasteiger partial charge in [0.25, 0.3) is 0 Å². The molecule has 1 aromatic heterocycles. The van der Waals surface area contributed by atoms with Crippen molar-refractivity contribution in [2.45, 2.75) is 12.8 Å². The summed E-state index contributed by atoms with van der Waals surface area (Å²) in [6.07, 6.45) is 9.96. The van der Waals surface area contributed by atoms with Crippen molar-refractivity contribution in [3.05, 3.63) is 35.1 Å². The molecule has 0 saturated heterocycles. The van der Waals surface area contributed by atoms with Gasteiger partial charge in [0.05, 0.1) is 10.2 Å². The molecule has 1 amide bonds. The van der Waals surface area contributed by atoms with Gasteiger partial charge in [0, 0.05) is 18.3 Å². The van der Waals surface area contributed by atoms with Crippen LogP contribution in [0, 0.1) is 17.8 Å². The van der Waals surface area contributed by atoms with Crippen LogP contribution in [-0.4, -0.2) is 10.9 Å². The molecule has 88 valence electrons. The zero-order valence-corrected chi connectivity index (χ0v) is 10.9. The molecular weight excluding hydrogens is 280 g/mol. The summed E-state index contributed by atoms with van der Waals surface area (Å²) in [6.45, 7) is 0. The Kier molecular flexibility index (Phi) is 2.74. The minimum absolute atomic E-state index is 0.133. The van der Waals surface area contributed by atoms with Crippen molar-refractivity contribution in [2.24, 2.45) is 17.8 Å². The zero-order valence-electron chi connectivity index (χ0n) is 9.27. The summed E-state index contributed by atoms with van der Waals surface area (Å²) in [6, 6.07) is 1.81. The van der Waals surface area contributed by atoms with E-state index in [9.17, 15) is 4.79 Å². The number of nitrogens with zero attached hydrogens (tertiary/aromatic N) is 1. The molecule has 17 heavy (non-hydrogen) atoms. The summed E-state index contributed by atoms with van der Waals surface area (Å²) >= 11 is 3.38. The highest BCUT2D eigenvalue weighted by Crippen LogP contribution is 2.43. The van der Waals surface area contributed by atoms with Crippen LogP contribution in [0.1, 0.15) is 12.8 Å². The van der Waals surface area contributed by atoms with Gasteiger partial charge < -0.3 is 5.32 Å². The second-order valence-corrected chi connectivity index (χ2v) is 5.59. The van der Waals surface area contributed by atoms with Crippen molar-refractivity contribution in [3.8, 4) is 0 Å². The van der Waals surface area contributed by atoms with E-state index in [1.54, 1.807) is 12.4 Å². The molecule has 0 radical (unpaired) electrons. The van der Waals surface area contributed by atoms with Crippen molar-refractivity contribution >= 4 is 27.5 Å². The van der Waals surface area contributed by atoms with Crippen LogP contribution in [0.25, 0.3) is 0 Å². The van der Waals surface area contributed by atoms with Gasteiger partial charge in [0.1, 0.15) is 0 Å². The average molecular weight is 293 g/mol. The lowest BCUT2D eigenvalue weighted by Crippen LogP contribution is -2.26. The van der Waals surface area contributed by atoms with Crippen LogP contribution in [0.2, 0.25) is 0 Å². The molecule has 2 aliphatic carbocycles. The Hall–Kier alpha value is -1.16. The fourth-order valence-corrected chi connectivity index (χ4v) is 3.13. The molecule has 3 nitrogen and oxygen atoms in total. The van der Waals surface area contributed by atoms with Gasteiger partial charge in [-0.3, -0.25) is 9.78 Å². The maximum atomic E-state index is 12.2. The zero-order chi connectivity index (χ0) is 11.8. The molecule has 3 unspecified atom stereocenters. The topological polar surface area (TPSA) is 42.0 Å². The fraction of sp³-hybridized carbons (Fsp3) is 0.385. The molecular formula is C13H13BrN2O. The van der Waals surface area contributed by atoms with Gasteiger partial charge in [-0.1, -0.05) is 12.2 Å². The first-order valence-corrected chi connectivity index (χ1v) is 6.62. The van der Waals surface area contributed by atoms with Crippen LogP contribution in [0.5, 0.6) is 0 Å². The van der Waals surface area contributed by atoms with E-state index in [0.29, 0.717) is 11.8 Å². The number of anilines is 1. The molecule has 1 fully saturated rings. The standard InChI is InChI=1S/C13H13BrN2O/c14-11-7-15-4-3-12(11)16-13(17)10-6-8-1-2-9(10)5-8/h1-4,7-10H,5-6H2,(H,15,16,17). The average Bonchev–Trinajstić information content (AvgIpc) is 2.94. The Balaban J connectivity index is 1.72. The van der Waals surface area contributed by atoms with Crippen LogP contribution in [0.3, 0.4) is 0 Å². The number of halogens is 1. The summed E-state index contributed by atoms with van der Waals surface area (Å²) in [4.78, 5) is 16.1. The number of allylic oxidation sites excluding steroid dienone is 2. The maximum Gasteiger partial charge on any atom is 0.228 e. The number of hydrogen-bond acceptors (Lipinski definition) is 2. The number of carbonyl (C=O) groups is 1. The Labute approximate surface area is 108 Å². The van der Waals surface area contributed by atoms with Crippen molar-refractivity contribution < 1.29 is 4.79 Å². The lowest BCUT2D eigenvalue weighted by Gasteiger charge is -2.17. The van der Waals surface area contributed by atoms with E-state index in [2.05, 4.69) is 38.4 Å². The van der Waals surface area contributed by atoms with Gasteiger partial charge in [-0.2, -0.15) is 0 Å². The van der Waals surface area contributed by atoms with Gasteiger partial charge in [-0.25, -0.2) is 0 Å².